The number of carbonyl (C=O) groups is 1. The van der Waals surface area contributed by atoms with Crippen LogP contribution < -0.4 is 16.0 Å². The SMILES string of the molecule is O=C(Nc1ccccc1)Nc1cccc(COCCOCCCCCCCNC[C@@H](O)c2ccc(O)c(CO)c2)c1. The Balaban J connectivity index is 1.13. The van der Waals surface area contributed by atoms with E-state index in [2.05, 4.69) is 16.0 Å². The summed E-state index contributed by atoms with van der Waals surface area (Å²) < 4.78 is 11.4. The maximum absolute atomic E-state index is 12.2. The number of para-hydroxylation sites is 1. The van der Waals surface area contributed by atoms with Crippen LogP contribution in [0.25, 0.3) is 0 Å². The van der Waals surface area contributed by atoms with Crippen molar-refractivity contribution >= 4 is 17.4 Å². The molecule has 0 unspecified atom stereocenters. The summed E-state index contributed by atoms with van der Waals surface area (Å²) in [6.07, 6.45) is 4.73. The highest BCUT2D eigenvalue weighted by Crippen LogP contribution is 2.22. The van der Waals surface area contributed by atoms with Gasteiger partial charge in [0.25, 0.3) is 0 Å². The Morgan fingerprint density at radius 1 is 0.780 bits per heavy atom. The smallest absolute Gasteiger partial charge is 0.323 e. The van der Waals surface area contributed by atoms with Crippen molar-refractivity contribution in [1.82, 2.24) is 5.32 Å². The van der Waals surface area contributed by atoms with Crippen LogP contribution >= 0.6 is 0 Å². The topological polar surface area (TPSA) is 132 Å². The summed E-state index contributed by atoms with van der Waals surface area (Å²) in [7, 11) is 0. The van der Waals surface area contributed by atoms with Crippen molar-refractivity contribution in [2.75, 3.05) is 43.5 Å². The van der Waals surface area contributed by atoms with Crippen molar-refractivity contribution < 1.29 is 29.6 Å². The lowest BCUT2D eigenvalue weighted by Crippen LogP contribution is -2.22. The van der Waals surface area contributed by atoms with Crippen LogP contribution in [0.15, 0.2) is 72.8 Å². The summed E-state index contributed by atoms with van der Waals surface area (Å²) in [5.74, 6) is 0.0363. The average Bonchev–Trinajstić information content (AvgIpc) is 2.98. The van der Waals surface area contributed by atoms with Crippen molar-refractivity contribution in [3.8, 4) is 5.75 Å². The molecule has 0 saturated heterocycles. The van der Waals surface area contributed by atoms with Crippen LogP contribution in [0.3, 0.4) is 0 Å². The molecule has 0 heterocycles. The fourth-order valence-electron chi connectivity index (χ4n) is 4.24. The first-order chi connectivity index (χ1) is 20.0. The van der Waals surface area contributed by atoms with Crippen LogP contribution in [0.2, 0.25) is 0 Å². The molecule has 0 aliphatic rings. The number of hydrogen-bond acceptors (Lipinski definition) is 7. The quantitative estimate of drug-likeness (QED) is 0.108. The van der Waals surface area contributed by atoms with Crippen molar-refractivity contribution in [1.29, 1.82) is 0 Å². The van der Waals surface area contributed by atoms with Crippen molar-refractivity contribution in [3.63, 3.8) is 0 Å². The van der Waals surface area contributed by atoms with Gasteiger partial charge in [-0.25, -0.2) is 4.79 Å². The number of ether oxygens (including phenoxy) is 2. The van der Waals surface area contributed by atoms with Gasteiger partial charge in [-0.15, -0.1) is 0 Å². The molecule has 2 amide bonds. The van der Waals surface area contributed by atoms with Crippen LogP contribution in [0.5, 0.6) is 5.75 Å². The van der Waals surface area contributed by atoms with Gasteiger partial charge in [-0.05, 0) is 66.9 Å². The number of benzene rings is 3. The zero-order chi connectivity index (χ0) is 29.1. The summed E-state index contributed by atoms with van der Waals surface area (Å²) in [5.41, 5.74) is 3.51. The lowest BCUT2D eigenvalue weighted by molar-refractivity contribution is 0.0393. The molecule has 3 aromatic carbocycles. The summed E-state index contributed by atoms with van der Waals surface area (Å²) in [5, 5.41) is 38.1. The predicted octanol–water partition coefficient (Wildman–Crippen LogP) is 5.34. The van der Waals surface area contributed by atoms with E-state index in [4.69, 9.17) is 9.47 Å². The number of aromatic hydroxyl groups is 1. The number of aliphatic hydroxyl groups is 2. The first-order valence-corrected chi connectivity index (χ1v) is 14.2. The number of aliphatic hydroxyl groups excluding tert-OH is 2. The summed E-state index contributed by atoms with van der Waals surface area (Å²) >= 11 is 0. The minimum atomic E-state index is -0.678. The van der Waals surface area contributed by atoms with E-state index in [1.54, 1.807) is 12.1 Å². The number of hydrogen-bond donors (Lipinski definition) is 6. The highest BCUT2D eigenvalue weighted by atomic mass is 16.5. The Kier molecular flexibility index (Phi) is 14.7. The molecule has 222 valence electrons. The van der Waals surface area contributed by atoms with E-state index in [0.29, 0.717) is 49.8 Å². The number of urea groups is 1. The standard InChI is InChI=1S/C32H43N3O6/c36-23-27-21-26(14-15-30(27)37)31(38)22-33-16-7-2-1-3-8-17-40-18-19-41-24-25-10-9-13-29(20-25)35-32(39)34-28-11-5-4-6-12-28/h4-6,9-15,20-21,31,33,36-38H,1-3,7-8,16-19,22-24H2,(H2,34,35,39)/t31-/m1/s1. The highest BCUT2D eigenvalue weighted by Gasteiger charge is 2.10. The highest BCUT2D eigenvalue weighted by molar-refractivity contribution is 5.99. The van der Waals surface area contributed by atoms with Crippen molar-refractivity contribution in [2.24, 2.45) is 0 Å². The van der Waals surface area contributed by atoms with Gasteiger partial charge in [-0.1, -0.05) is 55.7 Å². The largest absolute Gasteiger partial charge is 0.508 e. The van der Waals surface area contributed by atoms with Crippen LogP contribution in [0, 0.1) is 0 Å². The molecular formula is C32H43N3O6. The average molecular weight is 566 g/mol. The van der Waals surface area contributed by atoms with E-state index in [-0.39, 0.29) is 18.4 Å². The molecule has 0 aliphatic carbocycles. The van der Waals surface area contributed by atoms with Gasteiger partial charge in [0.05, 0.1) is 32.5 Å². The number of nitrogens with one attached hydrogen (secondary N) is 3. The first kappa shape index (κ1) is 32.0. The zero-order valence-electron chi connectivity index (χ0n) is 23.6. The third kappa shape index (κ3) is 12.7. The van der Waals surface area contributed by atoms with Gasteiger partial charge in [0, 0.05) is 30.1 Å². The third-order valence-electron chi connectivity index (χ3n) is 6.50. The molecule has 0 saturated carbocycles. The Morgan fingerprint density at radius 3 is 2.34 bits per heavy atom. The fraction of sp³-hybridized carbons (Fsp3) is 0.406. The number of rotatable bonds is 19. The molecule has 0 fully saturated rings. The van der Waals surface area contributed by atoms with Gasteiger partial charge < -0.3 is 40.7 Å². The normalized spacial score (nSPS) is 11.8. The Hall–Kier alpha value is -3.47. The molecule has 6 N–H and O–H groups in total. The number of phenols is 1. The summed E-state index contributed by atoms with van der Waals surface area (Å²) in [6, 6.07) is 21.4. The third-order valence-corrected chi connectivity index (χ3v) is 6.50. The number of carbonyl (C=O) groups excluding carboxylic acids is 1. The van der Waals surface area contributed by atoms with Crippen LogP contribution in [0.4, 0.5) is 16.2 Å². The molecule has 0 spiro atoms. The van der Waals surface area contributed by atoms with Crippen molar-refractivity contribution in [2.45, 2.75) is 51.4 Å². The molecule has 3 rings (SSSR count). The van der Waals surface area contributed by atoms with Gasteiger partial charge in [0.15, 0.2) is 0 Å². The molecule has 0 aromatic heterocycles. The molecule has 0 radical (unpaired) electrons. The molecule has 1 atom stereocenters. The fourth-order valence-corrected chi connectivity index (χ4v) is 4.24. The molecule has 9 nitrogen and oxygen atoms in total. The Morgan fingerprint density at radius 2 is 1.51 bits per heavy atom. The van der Waals surface area contributed by atoms with Crippen molar-refractivity contribution in [3.05, 3.63) is 89.5 Å². The van der Waals surface area contributed by atoms with Crippen LogP contribution in [-0.2, 0) is 22.7 Å². The van der Waals surface area contributed by atoms with Gasteiger partial charge in [-0.3, -0.25) is 0 Å². The molecule has 0 bridgehead atoms. The lowest BCUT2D eigenvalue weighted by atomic mass is 10.1. The Labute approximate surface area is 242 Å². The van der Waals surface area contributed by atoms with E-state index >= 15 is 0 Å². The maximum atomic E-state index is 12.2. The first-order valence-electron chi connectivity index (χ1n) is 14.2. The second-order valence-electron chi connectivity index (χ2n) is 9.84. The monoisotopic (exact) mass is 565 g/mol. The molecular weight excluding hydrogens is 522 g/mol. The molecule has 3 aromatic rings. The predicted molar refractivity (Wildman–Crippen MR) is 161 cm³/mol. The number of anilines is 2. The zero-order valence-corrected chi connectivity index (χ0v) is 23.6. The second-order valence-corrected chi connectivity index (χ2v) is 9.84. The molecule has 41 heavy (non-hydrogen) atoms. The van der Waals surface area contributed by atoms with E-state index in [0.717, 1.165) is 49.9 Å². The maximum Gasteiger partial charge on any atom is 0.323 e. The number of unbranched alkanes of at least 4 members (excludes halogenated alkanes) is 4. The van der Waals surface area contributed by atoms with Gasteiger partial charge in [0.1, 0.15) is 5.75 Å². The summed E-state index contributed by atoms with van der Waals surface area (Å²) in [4.78, 5) is 12.2. The van der Waals surface area contributed by atoms with E-state index < -0.39 is 6.10 Å². The Bertz CT molecular complexity index is 1160. The molecule has 9 heteroatoms. The van der Waals surface area contributed by atoms with E-state index in [1.807, 2.05) is 54.6 Å². The summed E-state index contributed by atoms with van der Waals surface area (Å²) in [6.45, 7) is 3.22. The number of amides is 2. The van der Waals surface area contributed by atoms with Gasteiger partial charge in [0.2, 0.25) is 0 Å². The van der Waals surface area contributed by atoms with Crippen LogP contribution in [0.1, 0.15) is 54.9 Å². The van der Waals surface area contributed by atoms with Gasteiger partial charge >= 0.3 is 6.03 Å². The minimum Gasteiger partial charge on any atom is -0.508 e. The minimum absolute atomic E-state index is 0.0363. The van der Waals surface area contributed by atoms with Crippen LogP contribution in [-0.4, -0.2) is 54.3 Å². The van der Waals surface area contributed by atoms with E-state index in [9.17, 15) is 20.1 Å². The lowest BCUT2D eigenvalue weighted by Gasteiger charge is -2.14. The van der Waals surface area contributed by atoms with Gasteiger partial charge in [-0.2, -0.15) is 0 Å². The molecule has 0 aliphatic heterocycles. The van der Waals surface area contributed by atoms with E-state index in [1.165, 1.54) is 6.07 Å². The second kappa shape index (κ2) is 18.8.